The van der Waals surface area contributed by atoms with Gasteiger partial charge in [0, 0.05) is 0 Å². The van der Waals surface area contributed by atoms with Crippen LogP contribution in [-0.2, 0) is 45.7 Å². The molecule has 0 radical (unpaired) electrons. The van der Waals surface area contributed by atoms with Crippen molar-refractivity contribution < 1.29 is 20.4 Å². The van der Waals surface area contributed by atoms with E-state index in [1.807, 2.05) is 0 Å². The monoisotopic (exact) mass is 620 g/mol. The normalized spacial score (nSPS) is 10.6. The van der Waals surface area contributed by atoms with Crippen molar-refractivity contribution in [1.29, 1.82) is 0 Å². The molecule has 0 heterocycles. The van der Waals surface area contributed by atoms with E-state index in [-0.39, 0.29) is 20.4 Å². The first-order valence-electron chi connectivity index (χ1n) is 16.0. The summed E-state index contributed by atoms with van der Waals surface area (Å²) in [5.74, 6) is 1.91. The van der Waals surface area contributed by atoms with E-state index in [0.717, 1.165) is 11.5 Å². The average molecular weight is 621 g/mol. The maximum atomic E-state index is 4.94. The zero-order valence-corrected chi connectivity index (χ0v) is 27.5. The third kappa shape index (κ3) is 45.7. The molecule has 0 saturated carbocycles. The molecule has 0 amide bonds. The first kappa shape index (κ1) is 40.9. The van der Waals surface area contributed by atoms with Crippen molar-refractivity contribution in [2.45, 2.75) is 194 Å². The molecule has 0 aromatic rings. The number of hydrogen-bond acceptors (Lipinski definition) is 2. The Morgan fingerprint density at radius 1 is 0.257 bits per heavy atom. The second-order valence-electron chi connectivity index (χ2n) is 10.6. The van der Waals surface area contributed by atoms with Crippen molar-refractivity contribution in [2.24, 2.45) is 0 Å². The Morgan fingerprint density at radius 3 is 0.543 bits per heavy atom. The Kier molecular flexibility index (Phi) is 49.5. The minimum Gasteiger partial charge on any atom is -0.793 e. The molecule has 216 valence electrons. The molecule has 0 aliphatic carbocycles. The van der Waals surface area contributed by atoms with Crippen molar-refractivity contribution >= 4 is 25.3 Å². The van der Waals surface area contributed by atoms with E-state index in [9.17, 15) is 0 Å². The van der Waals surface area contributed by atoms with Crippen LogP contribution in [0.25, 0.3) is 0 Å². The Balaban J connectivity index is -0.000000569. The van der Waals surface area contributed by atoms with Gasteiger partial charge in [-0.15, -0.1) is 0 Å². The van der Waals surface area contributed by atoms with Gasteiger partial charge in [0.25, 0.3) is 0 Å². The first-order chi connectivity index (χ1) is 16.8. The SMILES string of the molecule is CCCCCCCCCCCCCCCC[S-].CCCCCCCCCCCCCCCC[S-].[Pd+2]. The van der Waals surface area contributed by atoms with Gasteiger partial charge in [0.1, 0.15) is 0 Å². The van der Waals surface area contributed by atoms with Gasteiger partial charge in [-0.2, -0.15) is 11.5 Å². The molecule has 0 aromatic heterocycles. The van der Waals surface area contributed by atoms with Gasteiger partial charge >= 0.3 is 20.4 Å². The summed E-state index contributed by atoms with van der Waals surface area (Å²) in [5, 5.41) is 0. The summed E-state index contributed by atoms with van der Waals surface area (Å²) in [7, 11) is 0. The third-order valence-corrected chi connectivity index (χ3v) is 7.57. The molecular weight excluding hydrogens is 555 g/mol. The summed E-state index contributed by atoms with van der Waals surface area (Å²) in [5.41, 5.74) is 0. The molecule has 0 unspecified atom stereocenters. The fourth-order valence-corrected chi connectivity index (χ4v) is 5.00. The van der Waals surface area contributed by atoms with E-state index in [0.29, 0.717) is 0 Å². The van der Waals surface area contributed by atoms with Crippen LogP contribution in [0, 0.1) is 0 Å². The largest absolute Gasteiger partial charge is 2.00 e. The van der Waals surface area contributed by atoms with Gasteiger partial charge in [0.2, 0.25) is 0 Å². The fourth-order valence-electron chi connectivity index (χ4n) is 4.59. The summed E-state index contributed by atoms with van der Waals surface area (Å²) in [6.07, 6.45) is 40.0. The fraction of sp³-hybridized carbons (Fsp3) is 1.00. The van der Waals surface area contributed by atoms with Gasteiger partial charge in [0.05, 0.1) is 0 Å². The van der Waals surface area contributed by atoms with E-state index >= 15 is 0 Å². The molecule has 0 fully saturated rings. The molecule has 35 heavy (non-hydrogen) atoms. The summed E-state index contributed by atoms with van der Waals surface area (Å²) >= 11 is 9.88. The van der Waals surface area contributed by atoms with Crippen LogP contribution < -0.4 is 0 Å². The molecule has 0 aliphatic rings. The second kappa shape index (κ2) is 42.5. The van der Waals surface area contributed by atoms with Crippen molar-refractivity contribution in [2.75, 3.05) is 11.5 Å². The maximum Gasteiger partial charge on any atom is 2.00 e. The van der Waals surface area contributed by atoms with Gasteiger partial charge in [-0.05, 0) is 0 Å². The molecule has 0 spiro atoms. The molecule has 0 aromatic carbocycles. The second-order valence-corrected chi connectivity index (χ2v) is 11.4. The molecular formula is C32H66PdS2. The molecule has 3 heteroatoms. The van der Waals surface area contributed by atoms with Gasteiger partial charge in [-0.1, -0.05) is 194 Å². The van der Waals surface area contributed by atoms with Crippen LogP contribution in [-0.4, -0.2) is 11.5 Å². The molecule has 0 aliphatic heterocycles. The number of unbranched alkanes of at least 4 members (excludes halogenated alkanes) is 26. The van der Waals surface area contributed by atoms with Crippen molar-refractivity contribution in [3.05, 3.63) is 0 Å². The van der Waals surface area contributed by atoms with Crippen LogP contribution in [0.3, 0.4) is 0 Å². The van der Waals surface area contributed by atoms with Crippen LogP contribution >= 0.6 is 0 Å². The summed E-state index contributed by atoms with van der Waals surface area (Å²) in [6, 6.07) is 0. The first-order valence-corrected chi connectivity index (χ1v) is 17.1. The van der Waals surface area contributed by atoms with Crippen LogP contribution in [0.15, 0.2) is 0 Å². The molecule has 0 N–H and O–H groups in total. The van der Waals surface area contributed by atoms with Crippen molar-refractivity contribution in [3.8, 4) is 0 Å². The van der Waals surface area contributed by atoms with E-state index in [1.165, 1.54) is 180 Å². The minimum atomic E-state index is 0. The molecule has 0 atom stereocenters. The predicted octanol–water partition coefficient (Wildman–Crippen LogP) is 12.0. The molecule has 0 bridgehead atoms. The standard InChI is InChI=1S/2C16H34S.Pd/c2*1-2-3-4-5-6-7-8-9-10-11-12-13-14-15-16-17;/h2*17H,2-16H2,1H3;/q;;+2/p-2. The van der Waals surface area contributed by atoms with Gasteiger partial charge in [0.15, 0.2) is 0 Å². The van der Waals surface area contributed by atoms with Crippen LogP contribution in [0.5, 0.6) is 0 Å². The zero-order chi connectivity index (χ0) is 25.2. The quantitative estimate of drug-likeness (QED) is 0.0484. The maximum absolute atomic E-state index is 4.94. The molecule has 0 saturated heterocycles. The average Bonchev–Trinajstić information content (AvgIpc) is 2.85. The molecule has 0 rings (SSSR count). The summed E-state index contributed by atoms with van der Waals surface area (Å²) in [6.45, 7) is 4.57. The Morgan fingerprint density at radius 2 is 0.400 bits per heavy atom. The van der Waals surface area contributed by atoms with Crippen LogP contribution in [0.2, 0.25) is 0 Å². The van der Waals surface area contributed by atoms with Crippen LogP contribution in [0.4, 0.5) is 0 Å². The Bertz CT molecular complexity index is 254. The zero-order valence-electron chi connectivity index (χ0n) is 24.3. The number of rotatable bonds is 28. The number of hydrogen-bond donors (Lipinski definition) is 0. The topological polar surface area (TPSA) is 0 Å². The molecule has 0 nitrogen and oxygen atoms in total. The van der Waals surface area contributed by atoms with Crippen molar-refractivity contribution in [1.82, 2.24) is 0 Å². The smallest absolute Gasteiger partial charge is 0.793 e. The van der Waals surface area contributed by atoms with Crippen LogP contribution in [0.1, 0.15) is 194 Å². The predicted molar refractivity (Wildman–Crippen MR) is 165 cm³/mol. The van der Waals surface area contributed by atoms with E-state index in [4.69, 9.17) is 25.3 Å². The Labute approximate surface area is 249 Å². The Hall–Kier alpha value is 1.36. The van der Waals surface area contributed by atoms with E-state index < -0.39 is 0 Å². The summed E-state index contributed by atoms with van der Waals surface area (Å²) < 4.78 is 0. The van der Waals surface area contributed by atoms with Crippen molar-refractivity contribution in [3.63, 3.8) is 0 Å². The van der Waals surface area contributed by atoms with E-state index in [2.05, 4.69) is 13.8 Å². The van der Waals surface area contributed by atoms with Gasteiger partial charge in [-0.25, -0.2) is 0 Å². The van der Waals surface area contributed by atoms with Gasteiger partial charge in [-0.3, -0.25) is 0 Å². The minimum absolute atomic E-state index is 0. The van der Waals surface area contributed by atoms with E-state index in [1.54, 1.807) is 0 Å². The van der Waals surface area contributed by atoms with Gasteiger partial charge < -0.3 is 25.3 Å². The summed E-state index contributed by atoms with van der Waals surface area (Å²) in [4.78, 5) is 0. The third-order valence-electron chi connectivity index (χ3n) is 7.00.